The van der Waals surface area contributed by atoms with Crippen molar-refractivity contribution >= 4 is 5.96 Å². The SMILES string of the molecule is CCCN1C(N)=NCC12CCCCCCCCCCC2. The van der Waals surface area contributed by atoms with E-state index in [1.54, 1.807) is 0 Å². The smallest absolute Gasteiger partial charge is 0.191 e. The fourth-order valence-electron chi connectivity index (χ4n) is 3.92. The monoisotopic (exact) mass is 279 g/mol. The number of hydrogen-bond donors (Lipinski definition) is 1. The predicted octanol–water partition coefficient (Wildman–Crippen LogP) is 4.07. The summed E-state index contributed by atoms with van der Waals surface area (Å²) in [4.78, 5) is 7.04. The first-order chi connectivity index (χ1) is 9.78. The van der Waals surface area contributed by atoms with E-state index in [4.69, 9.17) is 5.73 Å². The third-order valence-electron chi connectivity index (χ3n) is 5.12. The third kappa shape index (κ3) is 3.89. The first kappa shape index (κ1) is 15.7. The molecule has 0 saturated heterocycles. The van der Waals surface area contributed by atoms with Crippen LogP contribution in [0.2, 0.25) is 0 Å². The summed E-state index contributed by atoms with van der Waals surface area (Å²) in [6.45, 7) is 4.27. The molecule has 1 aliphatic carbocycles. The molecule has 0 unspecified atom stereocenters. The van der Waals surface area contributed by atoms with Gasteiger partial charge in [-0.25, -0.2) is 0 Å². The molecular formula is C17H33N3. The Morgan fingerprint density at radius 3 is 1.95 bits per heavy atom. The molecular weight excluding hydrogens is 246 g/mol. The fourth-order valence-corrected chi connectivity index (χ4v) is 3.92. The molecule has 0 atom stereocenters. The fraction of sp³-hybridized carbons (Fsp3) is 0.941. The van der Waals surface area contributed by atoms with Gasteiger partial charge < -0.3 is 10.6 Å². The molecule has 2 rings (SSSR count). The van der Waals surface area contributed by atoms with E-state index < -0.39 is 0 Å². The zero-order chi connectivity index (χ0) is 14.3. The highest BCUT2D eigenvalue weighted by Crippen LogP contribution is 2.34. The Labute approximate surface area is 125 Å². The van der Waals surface area contributed by atoms with Crippen molar-refractivity contribution in [1.29, 1.82) is 0 Å². The second-order valence-corrected chi connectivity index (χ2v) is 6.73. The molecule has 0 amide bonds. The van der Waals surface area contributed by atoms with Gasteiger partial charge in [0.2, 0.25) is 0 Å². The highest BCUT2D eigenvalue weighted by Gasteiger charge is 2.40. The van der Waals surface area contributed by atoms with Gasteiger partial charge in [-0.15, -0.1) is 0 Å². The van der Waals surface area contributed by atoms with E-state index in [0.717, 1.165) is 25.5 Å². The molecule has 116 valence electrons. The molecule has 0 aromatic carbocycles. The van der Waals surface area contributed by atoms with Gasteiger partial charge in [0, 0.05) is 6.54 Å². The van der Waals surface area contributed by atoms with Gasteiger partial charge in [0.1, 0.15) is 0 Å². The average Bonchev–Trinajstić information content (AvgIpc) is 2.73. The van der Waals surface area contributed by atoms with Crippen LogP contribution in [0.3, 0.4) is 0 Å². The minimum atomic E-state index is 0.263. The topological polar surface area (TPSA) is 41.6 Å². The second kappa shape index (κ2) is 7.90. The average molecular weight is 279 g/mol. The van der Waals surface area contributed by atoms with Crippen LogP contribution in [0.4, 0.5) is 0 Å². The molecule has 1 heterocycles. The Balaban J connectivity index is 2.00. The molecule has 2 N–H and O–H groups in total. The van der Waals surface area contributed by atoms with Gasteiger partial charge in [-0.05, 0) is 19.3 Å². The van der Waals surface area contributed by atoms with Crippen molar-refractivity contribution < 1.29 is 0 Å². The van der Waals surface area contributed by atoms with E-state index in [2.05, 4.69) is 16.8 Å². The Morgan fingerprint density at radius 1 is 0.950 bits per heavy atom. The van der Waals surface area contributed by atoms with Crippen LogP contribution in [-0.4, -0.2) is 29.5 Å². The van der Waals surface area contributed by atoms with E-state index >= 15 is 0 Å². The number of rotatable bonds is 2. The molecule has 1 fully saturated rings. The van der Waals surface area contributed by atoms with Gasteiger partial charge in [0.15, 0.2) is 5.96 Å². The van der Waals surface area contributed by atoms with Gasteiger partial charge in [0.05, 0.1) is 12.1 Å². The van der Waals surface area contributed by atoms with Gasteiger partial charge in [-0.1, -0.05) is 64.7 Å². The van der Waals surface area contributed by atoms with Crippen LogP contribution < -0.4 is 5.73 Å². The van der Waals surface area contributed by atoms with Crippen LogP contribution in [0.15, 0.2) is 4.99 Å². The summed E-state index contributed by atoms with van der Waals surface area (Å²) in [6, 6.07) is 0. The van der Waals surface area contributed by atoms with Crippen molar-refractivity contribution in [2.24, 2.45) is 10.7 Å². The Hall–Kier alpha value is -0.730. The van der Waals surface area contributed by atoms with Crippen LogP contribution in [0.1, 0.15) is 84.0 Å². The number of nitrogens with two attached hydrogens (primary N) is 1. The van der Waals surface area contributed by atoms with E-state index in [1.165, 1.54) is 70.6 Å². The number of nitrogens with zero attached hydrogens (tertiary/aromatic N) is 2. The third-order valence-corrected chi connectivity index (χ3v) is 5.12. The minimum absolute atomic E-state index is 0.263. The summed E-state index contributed by atoms with van der Waals surface area (Å²) in [5.41, 5.74) is 6.43. The Morgan fingerprint density at radius 2 is 1.45 bits per heavy atom. The summed E-state index contributed by atoms with van der Waals surface area (Å²) in [5.74, 6) is 0.805. The minimum Gasteiger partial charge on any atom is -0.370 e. The van der Waals surface area contributed by atoms with Gasteiger partial charge >= 0.3 is 0 Å². The maximum Gasteiger partial charge on any atom is 0.191 e. The summed E-state index contributed by atoms with van der Waals surface area (Å²) < 4.78 is 0. The molecule has 20 heavy (non-hydrogen) atoms. The zero-order valence-corrected chi connectivity index (χ0v) is 13.4. The van der Waals surface area contributed by atoms with Crippen LogP contribution in [0, 0.1) is 0 Å². The highest BCUT2D eigenvalue weighted by molar-refractivity contribution is 5.81. The molecule has 1 saturated carbocycles. The zero-order valence-electron chi connectivity index (χ0n) is 13.4. The maximum absolute atomic E-state index is 6.16. The number of guanidine groups is 1. The molecule has 0 aromatic rings. The maximum atomic E-state index is 6.16. The number of aliphatic imine (C=N–C) groups is 1. The molecule has 1 spiro atoms. The van der Waals surface area contributed by atoms with Crippen molar-refractivity contribution in [3.05, 3.63) is 0 Å². The number of hydrogen-bond acceptors (Lipinski definition) is 3. The molecule has 0 bridgehead atoms. The van der Waals surface area contributed by atoms with Crippen molar-refractivity contribution in [3.8, 4) is 0 Å². The van der Waals surface area contributed by atoms with Crippen LogP contribution in [0.25, 0.3) is 0 Å². The second-order valence-electron chi connectivity index (χ2n) is 6.73. The lowest BCUT2D eigenvalue weighted by atomic mass is 9.84. The Bertz CT molecular complexity index is 299. The van der Waals surface area contributed by atoms with Crippen LogP contribution in [-0.2, 0) is 0 Å². The van der Waals surface area contributed by atoms with Gasteiger partial charge in [-0.2, -0.15) is 0 Å². The van der Waals surface area contributed by atoms with Crippen LogP contribution >= 0.6 is 0 Å². The van der Waals surface area contributed by atoms with Crippen molar-refractivity contribution in [3.63, 3.8) is 0 Å². The van der Waals surface area contributed by atoms with Crippen molar-refractivity contribution in [2.75, 3.05) is 13.1 Å². The van der Waals surface area contributed by atoms with Gasteiger partial charge in [-0.3, -0.25) is 4.99 Å². The predicted molar refractivity (Wildman–Crippen MR) is 87.0 cm³/mol. The molecule has 1 aliphatic heterocycles. The van der Waals surface area contributed by atoms with E-state index in [1.807, 2.05) is 0 Å². The Kier molecular flexibility index (Phi) is 6.18. The van der Waals surface area contributed by atoms with Crippen molar-refractivity contribution in [2.45, 2.75) is 89.5 Å². The molecule has 2 aliphatic rings. The standard InChI is InChI=1S/C17H33N3/c1-2-14-20-16(18)19-15-17(20)12-10-8-6-4-3-5-7-9-11-13-17/h2-15H2,1H3,(H2,18,19). The van der Waals surface area contributed by atoms with Crippen molar-refractivity contribution in [1.82, 2.24) is 4.90 Å². The summed E-state index contributed by atoms with van der Waals surface area (Å²) in [7, 11) is 0. The van der Waals surface area contributed by atoms with Crippen LogP contribution in [0.5, 0.6) is 0 Å². The summed E-state index contributed by atoms with van der Waals surface area (Å²) in [6.07, 6.45) is 16.4. The van der Waals surface area contributed by atoms with E-state index in [9.17, 15) is 0 Å². The molecule has 0 radical (unpaired) electrons. The summed E-state index contributed by atoms with van der Waals surface area (Å²) in [5, 5.41) is 0. The highest BCUT2D eigenvalue weighted by atomic mass is 15.4. The van der Waals surface area contributed by atoms with E-state index in [0.29, 0.717) is 0 Å². The first-order valence-electron chi connectivity index (χ1n) is 8.86. The normalized spacial score (nSPS) is 25.1. The lowest BCUT2D eigenvalue weighted by Gasteiger charge is -2.40. The first-order valence-corrected chi connectivity index (χ1v) is 8.86. The molecule has 3 heteroatoms. The lowest BCUT2D eigenvalue weighted by molar-refractivity contribution is 0.161. The van der Waals surface area contributed by atoms with E-state index in [-0.39, 0.29) is 5.54 Å². The lowest BCUT2D eigenvalue weighted by Crippen LogP contribution is -2.52. The van der Waals surface area contributed by atoms with Gasteiger partial charge in [0.25, 0.3) is 0 Å². The quantitative estimate of drug-likeness (QED) is 0.828. The largest absolute Gasteiger partial charge is 0.370 e. The summed E-state index contributed by atoms with van der Waals surface area (Å²) >= 11 is 0. The molecule has 3 nitrogen and oxygen atoms in total. The molecule has 0 aromatic heterocycles.